The third-order valence-electron chi connectivity index (χ3n) is 5.87. The summed E-state index contributed by atoms with van der Waals surface area (Å²) in [6, 6.07) is 15.7. The molecule has 29 heavy (non-hydrogen) atoms. The van der Waals surface area contributed by atoms with E-state index in [1.165, 1.54) is 0 Å². The lowest BCUT2D eigenvalue weighted by Crippen LogP contribution is -2.39. The molecule has 0 spiro atoms. The van der Waals surface area contributed by atoms with Gasteiger partial charge in [0.2, 0.25) is 11.8 Å². The molecule has 2 aliphatic heterocycles. The third kappa shape index (κ3) is 4.49. The number of anilines is 1. The number of likely N-dealkylation sites (tertiary alicyclic amines) is 1. The Bertz CT molecular complexity index is 899. The average molecular weight is 393 g/mol. The first-order valence-electron chi connectivity index (χ1n) is 10.1. The van der Waals surface area contributed by atoms with Gasteiger partial charge in [0.1, 0.15) is 0 Å². The molecule has 0 radical (unpaired) electrons. The number of fused-ring (bicyclic) bond motifs is 1. The summed E-state index contributed by atoms with van der Waals surface area (Å²) in [5, 5.41) is 12.7. The zero-order valence-corrected chi connectivity index (χ0v) is 16.7. The van der Waals surface area contributed by atoms with Gasteiger partial charge in [0.25, 0.3) is 0 Å². The minimum absolute atomic E-state index is 0.00228. The van der Waals surface area contributed by atoms with Crippen molar-refractivity contribution in [2.24, 2.45) is 0 Å². The van der Waals surface area contributed by atoms with Crippen LogP contribution < -0.4 is 5.32 Å². The fourth-order valence-corrected chi connectivity index (χ4v) is 4.22. The number of hydrogen-bond donors (Lipinski definition) is 2. The summed E-state index contributed by atoms with van der Waals surface area (Å²) in [6.45, 7) is 2.20. The quantitative estimate of drug-likeness (QED) is 0.787. The van der Waals surface area contributed by atoms with Gasteiger partial charge in [-0.15, -0.1) is 0 Å². The fraction of sp³-hybridized carbons (Fsp3) is 0.391. The number of rotatable bonds is 6. The second-order valence-corrected chi connectivity index (χ2v) is 8.03. The summed E-state index contributed by atoms with van der Waals surface area (Å²) < 4.78 is 0. The van der Waals surface area contributed by atoms with Gasteiger partial charge in [0, 0.05) is 32.4 Å². The van der Waals surface area contributed by atoms with Gasteiger partial charge in [-0.2, -0.15) is 0 Å². The van der Waals surface area contributed by atoms with Crippen LogP contribution in [-0.2, 0) is 22.4 Å². The highest BCUT2D eigenvalue weighted by atomic mass is 16.3. The lowest BCUT2D eigenvalue weighted by molar-refractivity contribution is -0.131. The van der Waals surface area contributed by atoms with Crippen molar-refractivity contribution < 1.29 is 14.7 Å². The molecule has 2 aromatic carbocycles. The fourth-order valence-electron chi connectivity index (χ4n) is 4.22. The maximum Gasteiger partial charge on any atom is 0.228 e. The van der Waals surface area contributed by atoms with Gasteiger partial charge >= 0.3 is 0 Å². The number of nitrogens with zero attached hydrogens (tertiary/aromatic N) is 2. The Hall–Kier alpha value is -2.70. The van der Waals surface area contributed by atoms with Crippen molar-refractivity contribution in [3.63, 3.8) is 0 Å². The molecule has 1 fully saturated rings. The molecule has 1 saturated heterocycles. The molecule has 2 aliphatic rings. The van der Waals surface area contributed by atoms with Crippen LogP contribution in [0, 0.1) is 0 Å². The van der Waals surface area contributed by atoms with Crippen LogP contribution in [0.1, 0.15) is 29.2 Å². The number of aliphatic hydroxyl groups excluding tert-OH is 1. The molecule has 0 bridgehead atoms. The summed E-state index contributed by atoms with van der Waals surface area (Å²) in [5.41, 5.74) is 3.80. The smallest absolute Gasteiger partial charge is 0.228 e. The van der Waals surface area contributed by atoms with Gasteiger partial charge in [-0.05, 0) is 29.2 Å². The molecule has 6 heteroatoms. The van der Waals surface area contributed by atoms with Gasteiger partial charge in [0.15, 0.2) is 0 Å². The van der Waals surface area contributed by atoms with Gasteiger partial charge in [0.05, 0.1) is 25.0 Å². The summed E-state index contributed by atoms with van der Waals surface area (Å²) in [5.74, 6) is 0.0355. The number of benzene rings is 2. The summed E-state index contributed by atoms with van der Waals surface area (Å²) in [6.07, 6.45) is 1.16. The average Bonchev–Trinajstić information content (AvgIpc) is 3.30. The van der Waals surface area contributed by atoms with E-state index in [0.29, 0.717) is 25.9 Å². The lowest BCUT2D eigenvalue weighted by Gasteiger charge is -2.32. The molecular formula is C23H27N3O3. The molecule has 0 aromatic heterocycles. The van der Waals surface area contributed by atoms with Crippen molar-refractivity contribution in [3.8, 4) is 0 Å². The summed E-state index contributed by atoms with van der Waals surface area (Å²) >= 11 is 0. The van der Waals surface area contributed by atoms with Crippen LogP contribution in [-0.4, -0.2) is 59.5 Å². The van der Waals surface area contributed by atoms with Gasteiger partial charge in [-0.1, -0.05) is 42.5 Å². The summed E-state index contributed by atoms with van der Waals surface area (Å²) in [7, 11) is 1.85. The number of amides is 2. The van der Waals surface area contributed by atoms with Crippen molar-refractivity contribution in [2.45, 2.75) is 31.4 Å². The van der Waals surface area contributed by atoms with Crippen molar-refractivity contribution in [1.82, 2.24) is 9.80 Å². The number of β-amino-alcohol motifs (C(OH)–C–C–N with tert-alkyl or cyclic N) is 1. The normalized spacial score (nSPS) is 19.7. The van der Waals surface area contributed by atoms with Crippen LogP contribution in [0.3, 0.4) is 0 Å². The molecule has 2 atom stereocenters. The number of carbonyl (C=O) groups excluding carboxylic acids is 2. The predicted molar refractivity (Wildman–Crippen MR) is 111 cm³/mol. The number of carbonyl (C=O) groups is 2. The van der Waals surface area contributed by atoms with E-state index < -0.39 is 0 Å². The summed E-state index contributed by atoms with van der Waals surface area (Å²) in [4.78, 5) is 28.7. The Balaban J connectivity index is 1.49. The molecule has 2 amide bonds. The van der Waals surface area contributed by atoms with Crippen LogP contribution in [0.2, 0.25) is 0 Å². The van der Waals surface area contributed by atoms with Gasteiger partial charge in [-0.25, -0.2) is 0 Å². The van der Waals surface area contributed by atoms with E-state index in [1.807, 2.05) is 60.5 Å². The zero-order valence-electron chi connectivity index (χ0n) is 16.7. The topological polar surface area (TPSA) is 72.9 Å². The second-order valence-electron chi connectivity index (χ2n) is 8.03. The lowest BCUT2D eigenvalue weighted by atomic mass is 10.0. The van der Waals surface area contributed by atoms with E-state index in [1.54, 1.807) is 0 Å². The Morgan fingerprint density at radius 2 is 2.07 bits per heavy atom. The van der Waals surface area contributed by atoms with Gasteiger partial charge in [-0.3, -0.25) is 14.5 Å². The van der Waals surface area contributed by atoms with E-state index in [2.05, 4.69) is 10.2 Å². The highest BCUT2D eigenvalue weighted by Crippen LogP contribution is 2.26. The largest absolute Gasteiger partial charge is 0.392 e. The van der Waals surface area contributed by atoms with Gasteiger partial charge < -0.3 is 15.3 Å². The Morgan fingerprint density at radius 1 is 1.28 bits per heavy atom. The molecule has 1 unspecified atom stereocenters. The molecule has 2 N–H and O–H groups in total. The Labute approximate surface area is 171 Å². The third-order valence-corrected chi connectivity index (χ3v) is 5.87. The van der Waals surface area contributed by atoms with E-state index >= 15 is 0 Å². The molecule has 4 rings (SSSR count). The van der Waals surface area contributed by atoms with Crippen molar-refractivity contribution in [1.29, 1.82) is 0 Å². The number of likely N-dealkylation sites (N-methyl/N-ethyl adjacent to an activating group) is 1. The van der Waals surface area contributed by atoms with Crippen molar-refractivity contribution in [3.05, 3.63) is 65.2 Å². The second kappa shape index (κ2) is 8.35. The van der Waals surface area contributed by atoms with Crippen LogP contribution in [0.5, 0.6) is 0 Å². The maximum absolute atomic E-state index is 13.1. The SMILES string of the molecule is CN(C(=O)Cc1ccc2c(c1)CC(=O)N2)C(CN1CC[C@@H](O)C1)c1ccccc1. The molecule has 152 valence electrons. The highest BCUT2D eigenvalue weighted by molar-refractivity contribution is 5.99. The van der Waals surface area contributed by atoms with Crippen LogP contribution in [0.4, 0.5) is 5.69 Å². The van der Waals surface area contributed by atoms with E-state index in [-0.39, 0.29) is 24.0 Å². The van der Waals surface area contributed by atoms with Crippen LogP contribution in [0.25, 0.3) is 0 Å². The number of nitrogens with one attached hydrogen (secondary N) is 1. The standard InChI is InChI=1S/C23H27N3O3/c1-25(23(29)12-16-7-8-20-18(11-16)13-22(28)24-20)21(17-5-3-2-4-6-17)15-26-10-9-19(27)14-26/h2-8,11,19,21,27H,9-10,12-15H2,1H3,(H,24,28)/t19-,21?/m1/s1. The minimum Gasteiger partial charge on any atom is -0.392 e. The monoisotopic (exact) mass is 393 g/mol. The highest BCUT2D eigenvalue weighted by Gasteiger charge is 2.28. The maximum atomic E-state index is 13.1. The van der Waals surface area contributed by atoms with Crippen LogP contribution >= 0.6 is 0 Å². The van der Waals surface area contributed by atoms with E-state index in [4.69, 9.17) is 0 Å². The first kappa shape index (κ1) is 19.6. The first-order chi connectivity index (χ1) is 14.0. The zero-order chi connectivity index (χ0) is 20.4. The van der Waals surface area contributed by atoms with E-state index in [0.717, 1.165) is 35.3 Å². The molecule has 0 saturated carbocycles. The number of aliphatic hydroxyl groups is 1. The molecular weight excluding hydrogens is 366 g/mol. The molecule has 0 aliphatic carbocycles. The Kier molecular flexibility index (Phi) is 5.65. The minimum atomic E-state index is -0.282. The van der Waals surface area contributed by atoms with E-state index in [9.17, 15) is 14.7 Å². The Morgan fingerprint density at radius 3 is 2.79 bits per heavy atom. The predicted octanol–water partition coefficient (Wildman–Crippen LogP) is 1.99. The van der Waals surface area contributed by atoms with Crippen LogP contribution in [0.15, 0.2) is 48.5 Å². The molecule has 2 aromatic rings. The van der Waals surface area contributed by atoms with Crippen molar-refractivity contribution in [2.75, 3.05) is 32.0 Å². The first-order valence-corrected chi connectivity index (χ1v) is 10.1. The van der Waals surface area contributed by atoms with Crippen molar-refractivity contribution >= 4 is 17.5 Å². The molecule has 2 heterocycles. The number of hydrogen-bond acceptors (Lipinski definition) is 4. The molecule has 6 nitrogen and oxygen atoms in total.